The van der Waals surface area contributed by atoms with E-state index in [0.717, 1.165) is 20.7 Å². The fourth-order valence-corrected chi connectivity index (χ4v) is 2.89. The monoisotopic (exact) mass is 354 g/mol. The largest absolute Gasteiger partial charge is 0.394 e. The van der Waals surface area contributed by atoms with Gasteiger partial charge in [-0.05, 0) is 19.1 Å². The van der Waals surface area contributed by atoms with Gasteiger partial charge in [-0.1, -0.05) is 28.1 Å². The van der Waals surface area contributed by atoms with Crippen molar-refractivity contribution in [2.24, 2.45) is 0 Å². The van der Waals surface area contributed by atoms with Gasteiger partial charge in [-0.25, -0.2) is 4.98 Å². The number of carbonyl (C=O) groups excluding carboxylic acids is 1. The molecule has 0 aliphatic rings. The summed E-state index contributed by atoms with van der Waals surface area (Å²) in [5.74, 6) is -0.127. The quantitative estimate of drug-likeness (QED) is 0.867. The highest BCUT2D eigenvalue weighted by molar-refractivity contribution is 9.10. The van der Waals surface area contributed by atoms with Gasteiger partial charge in [0, 0.05) is 21.5 Å². The first-order valence-electron chi connectivity index (χ1n) is 6.19. The Morgan fingerprint density at radius 2 is 2.35 bits per heavy atom. The molecule has 1 heterocycles. The average molecular weight is 355 g/mol. The number of aliphatic hydroxyl groups is 1. The van der Waals surface area contributed by atoms with Gasteiger partial charge in [-0.15, -0.1) is 11.3 Å². The van der Waals surface area contributed by atoms with Crippen LogP contribution in [0.2, 0.25) is 0 Å². The Labute approximate surface area is 130 Å². The second-order valence-corrected chi connectivity index (χ2v) is 6.26. The molecule has 0 aliphatic heterocycles. The summed E-state index contributed by atoms with van der Waals surface area (Å²) in [7, 11) is 0. The molecule has 4 nitrogen and oxygen atoms in total. The van der Waals surface area contributed by atoms with E-state index in [4.69, 9.17) is 5.11 Å². The van der Waals surface area contributed by atoms with E-state index in [1.165, 1.54) is 11.3 Å². The molecular weight excluding hydrogens is 340 g/mol. The summed E-state index contributed by atoms with van der Waals surface area (Å²) in [6.07, 6.45) is 0.231. The molecule has 0 bridgehead atoms. The molecule has 1 aromatic carbocycles. The molecule has 20 heavy (non-hydrogen) atoms. The number of rotatable bonds is 5. The second-order valence-electron chi connectivity index (χ2n) is 4.48. The molecule has 1 amide bonds. The zero-order chi connectivity index (χ0) is 14.5. The summed E-state index contributed by atoms with van der Waals surface area (Å²) in [5.41, 5.74) is 1.77. The van der Waals surface area contributed by atoms with Crippen LogP contribution in [0.4, 0.5) is 0 Å². The molecule has 0 saturated carbocycles. The van der Waals surface area contributed by atoms with Crippen LogP contribution in [-0.4, -0.2) is 28.6 Å². The van der Waals surface area contributed by atoms with E-state index in [1.54, 1.807) is 6.92 Å². The van der Waals surface area contributed by atoms with Gasteiger partial charge in [0.1, 0.15) is 5.01 Å². The van der Waals surface area contributed by atoms with Crippen LogP contribution in [0.15, 0.2) is 34.1 Å². The van der Waals surface area contributed by atoms with Crippen molar-refractivity contribution in [3.05, 3.63) is 39.8 Å². The number of halogens is 1. The van der Waals surface area contributed by atoms with Crippen LogP contribution in [0.25, 0.3) is 10.6 Å². The van der Waals surface area contributed by atoms with Gasteiger partial charge in [0.15, 0.2) is 0 Å². The summed E-state index contributed by atoms with van der Waals surface area (Å²) in [4.78, 5) is 16.2. The van der Waals surface area contributed by atoms with Gasteiger partial charge in [-0.2, -0.15) is 0 Å². The van der Waals surface area contributed by atoms with E-state index in [-0.39, 0.29) is 25.0 Å². The Balaban J connectivity index is 2.04. The highest BCUT2D eigenvalue weighted by atomic mass is 79.9. The predicted molar refractivity (Wildman–Crippen MR) is 83.6 cm³/mol. The van der Waals surface area contributed by atoms with E-state index < -0.39 is 0 Å². The number of hydrogen-bond donors (Lipinski definition) is 2. The van der Waals surface area contributed by atoms with Gasteiger partial charge >= 0.3 is 0 Å². The SMILES string of the molecule is C[C@@H](CO)NC(=O)Cc1csc(-c2cccc(Br)c2)n1. The topological polar surface area (TPSA) is 62.2 Å². The molecule has 0 aliphatic carbocycles. The Kier molecular flexibility index (Phi) is 5.28. The maximum atomic E-state index is 11.7. The first-order chi connectivity index (χ1) is 9.58. The van der Waals surface area contributed by atoms with Crippen molar-refractivity contribution in [2.75, 3.05) is 6.61 Å². The van der Waals surface area contributed by atoms with Gasteiger partial charge < -0.3 is 10.4 Å². The Bertz CT molecular complexity index is 600. The molecule has 0 unspecified atom stereocenters. The number of amides is 1. The summed E-state index contributed by atoms with van der Waals surface area (Å²) in [5, 5.41) is 14.4. The summed E-state index contributed by atoms with van der Waals surface area (Å²) < 4.78 is 1.00. The van der Waals surface area contributed by atoms with Crippen molar-refractivity contribution >= 4 is 33.2 Å². The molecule has 0 spiro atoms. The molecule has 0 fully saturated rings. The molecule has 2 aromatic rings. The minimum Gasteiger partial charge on any atom is -0.394 e. The van der Waals surface area contributed by atoms with Gasteiger partial charge in [0.2, 0.25) is 5.91 Å². The number of nitrogens with zero attached hydrogens (tertiary/aromatic N) is 1. The number of hydrogen-bond acceptors (Lipinski definition) is 4. The van der Waals surface area contributed by atoms with E-state index in [0.29, 0.717) is 0 Å². The fourth-order valence-electron chi connectivity index (χ4n) is 1.68. The second kappa shape index (κ2) is 6.97. The van der Waals surface area contributed by atoms with Gasteiger partial charge in [0.05, 0.1) is 18.7 Å². The van der Waals surface area contributed by atoms with Crippen LogP contribution >= 0.6 is 27.3 Å². The lowest BCUT2D eigenvalue weighted by Gasteiger charge is -2.09. The Morgan fingerprint density at radius 3 is 3.05 bits per heavy atom. The van der Waals surface area contributed by atoms with Crippen LogP contribution in [0.5, 0.6) is 0 Å². The highest BCUT2D eigenvalue weighted by Gasteiger charge is 2.11. The van der Waals surface area contributed by atoms with Crippen molar-refractivity contribution < 1.29 is 9.90 Å². The fraction of sp³-hybridized carbons (Fsp3) is 0.286. The zero-order valence-electron chi connectivity index (χ0n) is 11.0. The minimum atomic E-state index is -0.231. The first kappa shape index (κ1) is 15.2. The molecule has 0 radical (unpaired) electrons. The van der Waals surface area contributed by atoms with Crippen LogP contribution in [0, 0.1) is 0 Å². The zero-order valence-corrected chi connectivity index (χ0v) is 13.4. The summed E-state index contributed by atoms with van der Waals surface area (Å²) in [6, 6.07) is 7.67. The predicted octanol–water partition coefficient (Wildman–Crippen LogP) is 2.61. The van der Waals surface area contributed by atoms with E-state index in [1.807, 2.05) is 29.6 Å². The lowest BCUT2D eigenvalue weighted by Crippen LogP contribution is -2.36. The number of thiazole rings is 1. The number of carbonyl (C=O) groups is 1. The summed E-state index contributed by atoms with van der Waals surface area (Å²) >= 11 is 4.95. The Hall–Kier alpha value is -1.24. The minimum absolute atomic E-state index is 0.0634. The van der Waals surface area contributed by atoms with Gasteiger partial charge in [-0.3, -0.25) is 4.79 Å². The maximum absolute atomic E-state index is 11.7. The van der Waals surface area contributed by atoms with Crippen LogP contribution < -0.4 is 5.32 Å². The van der Waals surface area contributed by atoms with Crippen LogP contribution in [0.1, 0.15) is 12.6 Å². The standard InChI is InChI=1S/C14H15BrN2O2S/c1-9(7-18)16-13(19)6-12-8-20-14(17-12)10-3-2-4-11(15)5-10/h2-5,8-9,18H,6-7H2,1H3,(H,16,19)/t9-/m0/s1. The number of aromatic nitrogens is 1. The van der Waals surface area contributed by atoms with E-state index >= 15 is 0 Å². The third-order valence-corrected chi connectivity index (χ3v) is 4.08. The lowest BCUT2D eigenvalue weighted by atomic mass is 10.2. The highest BCUT2D eigenvalue weighted by Crippen LogP contribution is 2.26. The molecule has 6 heteroatoms. The number of benzene rings is 1. The van der Waals surface area contributed by atoms with Crippen LogP contribution in [-0.2, 0) is 11.2 Å². The third-order valence-electron chi connectivity index (χ3n) is 2.65. The smallest absolute Gasteiger partial charge is 0.226 e. The van der Waals surface area contributed by atoms with Crippen molar-refractivity contribution in [3.63, 3.8) is 0 Å². The number of aliphatic hydroxyl groups excluding tert-OH is 1. The van der Waals surface area contributed by atoms with E-state index in [9.17, 15) is 4.79 Å². The Morgan fingerprint density at radius 1 is 1.55 bits per heavy atom. The van der Waals surface area contributed by atoms with Crippen molar-refractivity contribution in [1.82, 2.24) is 10.3 Å². The molecule has 1 atom stereocenters. The molecular formula is C14H15BrN2O2S. The summed E-state index contributed by atoms with van der Waals surface area (Å²) in [6.45, 7) is 1.69. The first-order valence-corrected chi connectivity index (χ1v) is 7.86. The maximum Gasteiger partial charge on any atom is 0.226 e. The van der Waals surface area contributed by atoms with Crippen LogP contribution in [0.3, 0.4) is 0 Å². The third kappa shape index (κ3) is 4.13. The molecule has 0 saturated heterocycles. The van der Waals surface area contributed by atoms with Gasteiger partial charge in [0.25, 0.3) is 0 Å². The van der Waals surface area contributed by atoms with Crippen molar-refractivity contribution in [1.29, 1.82) is 0 Å². The lowest BCUT2D eigenvalue weighted by molar-refractivity contribution is -0.121. The average Bonchev–Trinajstić information content (AvgIpc) is 2.87. The van der Waals surface area contributed by atoms with Crippen molar-refractivity contribution in [3.8, 4) is 10.6 Å². The number of nitrogens with one attached hydrogen (secondary N) is 1. The van der Waals surface area contributed by atoms with E-state index in [2.05, 4.69) is 26.2 Å². The van der Waals surface area contributed by atoms with Crippen molar-refractivity contribution in [2.45, 2.75) is 19.4 Å². The normalized spacial score (nSPS) is 12.2. The molecule has 106 valence electrons. The molecule has 2 N–H and O–H groups in total. The molecule has 1 aromatic heterocycles. The molecule has 2 rings (SSSR count).